The second-order valence-electron chi connectivity index (χ2n) is 3.57. The first-order valence-corrected chi connectivity index (χ1v) is 6.06. The fraction of sp³-hybridized carbons (Fsp3) is 0.143. The topological polar surface area (TPSA) is 41.1 Å². The third kappa shape index (κ3) is 5.96. The molecule has 0 saturated heterocycles. The highest BCUT2D eigenvalue weighted by Crippen LogP contribution is 2.00. The zero-order valence-corrected chi connectivity index (χ0v) is 10.9. The van der Waals surface area contributed by atoms with Crippen LogP contribution in [0, 0.1) is 0 Å². The fourth-order valence-electron chi connectivity index (χ4n) is 1.22. The highest BCUT2D eigenvalue weighted by molar-refractivity contribution is 7.80. The van der Waals surface area contributed by atoms with Gasteiger partial charge < -0.3 is 5.32 Å². The predicted molar refractivity (Wildman–Crippen MR) is 79.0 cm³/mol. The van der Waals surface area contributed by atoms with Crippen LogP contribution in [-0.4, -0.2) is 17.6 Å². The molecule has 18 heavy (non-hydrogen) atoms. The van der Waals surface area contributed by atoms with Gasteiger partial charge in [-0.1, -0.05) is 36.4 Å². The van der Waals surface area contributed by atoms with Gasteiger partial charge in [0.15, 0.2) is 5.11 Å². The van der Waals surface area contributed by atoms with Gasteiger partial charge in [-0.25, -0.2) is 0 Å². The summed E-state index contributed by atoms with van der Waals surface area (Å²) in [5.74, 6) is -0.241. The Balaban J connectivity index is 2.35. The molecule has 0 aromatic heterocycles. The summed E-state index contributed by atoms with van der Waals surface area (Å²) in [5.41, 5.74) is 0.971. The number of hydrogen-bond acceptors (Lipinski definition) is 2. The first-order chi connectivity index (χ1) is 8.72. The quantitative estimate of drug-likeness (QED) is 0.369. The molecule has 1 rings (SSSR count). The first kappa shape index (κ1) is 14.1. The zero-order chi connectivity index (χ0) is 13.2. The van der Waals surface area contributed by atoms with Crippen LogP contribution in [0.5, 0.6) is 0 Å². The maximum atomic E-state index is 11.5. The van der Waals surface area contributed by atoms with Crippen LogP contribution in [0.4, 0.5) is 0 Å². The van der Waals surface area contributed by atoms with Crippen molar-refractivity contribution in [3.63, 3.8) is 0 Å². The summed E-state index contributed by atoms with van der Waals surface area (Å²) in [6.07, 6.45) is 5.78. The summed E-state index contributed by atoms with van der Waals surface area (Å²) in [6, 6.07) is 9.60. The summed E-state index contributed by atoms with van der Waals surface area (Å²) in [4.78, 5) is 11.5. The molecule has 0 saturated carbocycles. The third-order valence-electron chi connectivity index (χ3n) is 2.10. The van der Waals surface area contributed by atoms with Gasteiger partial charge in [0.2, 0.25) is 5.91 Å². The van der Waals surface area contributed by atoms with E-state index in [-0.39, 0.29) is 5.91 Å². The summed E-state index contributed by atoms with van der Waals surface area (Å²) in [5, 5.41) is 5.81. The van der Waals surface area contributed by atoms with Crippen molar-refractivity contribution >= 4 is 29.3 Å². The molecule has 94 valence electrons. The van der Waals surface area contributed by atoms with Crippen molar-refractivity contribution in [2.45, 2.75) is 6.42 Å². The number of carbonyl (C=O) groups excluding carboxylic acids is 1. The smallest absolute Gasteiger partial charge is 0.250 e. The molecular formula is C14H16N2OS. The minimum Gasteiger partial charge on any atom is -0.362 e. The lowest BCUT2D eigenvalue weighted by Gasteiger charge is -2.06. The second kappa shape index (κ2) is 8.20. The van der Waals surface area contributed by atoms with Crippen LogP contribution in [0.1, 0.15) is 12.0 Å². The van der Waals surface area contributed by atoms with Crippen LogP contribution in [0.15, 0.2) is 49.1 Å². The summed E-state index contributed by atoms with van der Waals surface area (Å²) < 4.78 is 0. The molecule has 1 aromatic carbocycles. The van der Waals surface area contributed by atoms with E-state index < -0.39 is 0 Å². The lowest BCUT2D eigenvalue weighted by atomic mass is 10.2. The molecule has 0 atom stereocenters. The molecule has 0 aliphatic carbocycles. The van der Waals surface area contributed by atoms with E-state index in [1.807, 2.05) is 30.3 Å². The molecule has 0 fully saturated rings. The van der Waals surface area contributed by atoms with Crippen molar-refractivity contribution in [2.24, 2.45) is 0 Å². The monoisotopic (exact) mass is 260 g/mol. The largest absolute Gasteiger partial charge is 0.362 e. The van der Waals surface area contributed by atoms with E-state index in [1.165, 1.54) is 6.08 Å². The van der Waals surface area contributed by atoms with Crippen LogP contribution >= 0.6 is 12.2 Å². The van der Waals surface area contributed by atoms with Gasteiger partial charge in [0.25, 0.3) is 0 Å². The molecule has 0 radical (unpaired) electrons. The highest BCUT2D eigenvalue weighted by Gasteiger charge is 1.98. The Bertz CT molecular complexity index is 440. The maximum absolute atomic E-state index is 11.5. The van der Waals surface area contributed by atoms with Gasteiger partial charge in [0.1, 0.15) is 0 Å². The van der Waals surface area contributed by atoms with E-state index in [1.54, 1.807) is 12.2 Å². The average Bonchev–Trinajstić information content (AvgIpc) is 2.38. The van der Waals surface area contributed by atoms with E-state index in [0.29, 0.717) is 11.7 Å². The summed E-state index contributed by atoms with van der Waals surface area (Å²) in [6.45, 7) is 4.27. The van der Waals surface area contributed by atoms with Gasteiger partial charge in [-0.05, 0) is 30.3 Å². The van der Waals surface area contributed by atoms with Gasteiger partial charge in [-0.3, -0.25) is 10.1 Å². The number of thiocarbonyl (C=S) groups is 1. The first-order valence-electron chi connectivity index (χ1n) is 5.65. The SMILES string of the molecule is C=CCCNC(=S)NC(=O)C=Cc1ccccc1. The molecule has 0 aliphatic rings. The normalized spacial score (nSPS) is 10.0. The molecule has 0 bridgehead atoms. The number of hydrogen-bond donors (Lipinski definition) is 2. The summed E-state index contributed by atoms with van der Waals surface area (Å²) in [7, 11) is 0. The number of amides is 1. The second-order valence-corrected chi connectivity index (χ2v) is 3.97. The van der Waals surface area contributed by atoms with Crippen LogP contribution in [0.3, 0.4) is 0 Å². The highest BCUT2D eigenvalue weighted by atomic mass is 32.1. The zero-order valence-electron chi connectivity index (χ0n) is 10.1. The van der Waals surface area contributed by atoms with Crippen LogP contribution < -0.4 is 10.6 Å². The Morgan fingerprint density at radius 3 is 2.72 bits per heavy atom. The molecule has 1 amide bonds. The minimum absolute atomic E-state index is 0.241. The van der Waals surface area contributed by atoms with Crippen molar-refractivity contribution in [3.8, 4) is 0 Å². The van der Waals surface area contributed by atoms with Gasteiger partial charge in [-0.2, -0.15) is 0 Å². The van der Waals surface area contributed by atoms with Crippen molar-refractivity contribution < 1.29 is 4.79 Å². The number of benzene rings is 1. The minimum atomic E-state index is -0.241. The van der Waals surface area contributed by atoms with E-state index in [4.69, 9.17) is 12.2 Å². The van der Waals surface area contributed by atoms with Gasteiger partial charge in [0, 0.05) is 12.6 Å². The molecule has 2 N–H and O–H groups in total. The Labute approximate surface area is 113 Å². The molecule has 0 heterocycles. The van der Waals surface area contributed by atoms with Crippen LogP contribution in [0.25, 0.3) is 6.08 Å². The Morgan fingerprint density at radius 2 is 2.06 bits per heavy atom. The third-order valence-corrected chi connectivity index (χ3v) is 2.34. The van der Waals surface area contributed by atoms with Gasteiger partial charge >= 0.3 is 0 Å². The molecule has 0 unspecified atom stereocenters. The average molecular weight is 260 g/mol. The lowest BCUT2D eigenvalue weighted by molar-refractivity contribution is -0.115. The molecule has 0 aliphatic heterocycles. The molecule has 4 heteroatoms. The van der Waals surface area contributed by atoms with E-state index in [2.05, 4.69) is 17.2 Å². The lowest BCUT2D eigenvalue weighted by Crippen LogP contribution is -2.38. The standard InChI is InChI=1S/C14H16N2OS/c1-2-3-11-15-14(18)16-13(17)10-9-12-7-5-4-6-8-12/h2,4-10H,1,3,11H2,(H2,15,16,17,18). The van der Waals surface area contributed by atoms with Crippen molar-refractivity contribution in [3.05, 3.63) is 54.6 Å². The number of nitrogens with one attached hydrogen (secondary N) is 2. The Kier molecular flexibility index (Phi) is 6.43. The van der Waals surface area contributed by atoms with E-state index >= 15 is 0 Å². The number of rotatable bonds is 5. The maximum Gasteiger partial charge on any atom is 0.250 e. The summed E-state index contributed by atoms with van der Waals surface area (Å²) >= 11 is 4.96. The molecule has 1 aromatic rings. The van der Waals surface area contributed by atoms with Crippen molar-refractivity contribution in [2.75, 3.05) is 6.54 Å². The van der Waals surface area contributed by atoms with E-state index in [9.17, 15) is 4.79 Å². The van der Waals surface area contributed by atoms with Crippen molar-refractivity contribution in [1.82, 2.24) is 10.6 Å². The number of carbonyl (C=O) groups is 1. The Hall–Kier alpha value is -1.94. The van der Waals surface area contributed by atoms with Crippen LogP contribution in [-0.2, 0) is 4.79 Å². The van der Waals surface area contributed by atoms with Gasteiger partial charge in [0.05, 0.1) is 0 Å². The van der Waals surface area contributed by atoms with Crippen molar-refractivity contribution in [1.29, 1.82) is 0 Å². The van der Waals surface area contributed by atoms with Crippen LogP contribution in [0.2, 0.25) is 0 Å². The molecule has 3 nitrogen and oxygen atoms in total. The molecular weight excluding hydrogens is 244 g/mol. The fourth-order valence-corrected chi connectivity index (χ4v) is 1.42. The van der Waals surface area contributed by atoms with Gasteiger partial charge in [-0.15, -0.1) is 6.58 Å². The predicted octanol–water partition coefficient (Wildman–Crippen LogP) is 2.27. The molecule has 0 spiro atoms. The Morgan fingerprint density at radius 1 is 1.33 bits per heavy atom. The van der Waals surface area contributed by atoms with E-state index in [0.717, 1.165) is 12.0 Å².